The molecule has 0 amide bonds. The number of aromatic nitrogens is 4. The largest absolute Gasteiger partial charge is 0.503 e. The number of hydrogen-bond donors (Lipinski definition) is 1. The highest BCUT2D eigenvalue weighted by atomic mass is 19.4. The standard InChI is InChI=1S/C23H16F4N4O2/c24-16-7-3-14(4-8-16)19(13-1-5-15(6-2-13)23(25,26)27)17-12-30-10-9-28-22(30)20-21(33)18(32)11-29-31(17)20/h1-11,17,19,33H,12H2/t17-,19?/m1/s1. The summed E-state index contributed by atoms with van der Waals surface area (Å²) in [6.07, 6.45) is -0.306. The SMILES string of the molecule is O=c1cnn2c(c1O)-c1nccn1C[C@@H]2C(c1ccc(F)cc1)c1ccc(C(F)(F)F)cc1. The van der Waals surface area contributed by atoms with E-state index in [1.54, 1.807) is 22.9 Å². The summed E-state index contributed by atoms with van der Waals surface area (Å²) < 4.78 is 56.2. The van der Waals surface area contributed by atoms with Gasteiger partial charge in [-0.2, -0.15) is 18.3 Å². The second-order valence-corrected chi connectivity index (χ2v) is 7.77. The van der Waals surface area contributed by atoms with Gasteiger partial charge >= 0.3 is 6.18 Å². The molecular weight excluding hydrogens is 440 g/mol. The molecule has 10 heteroatoms. The van der Waals surface area contributed by atoms with E-state index in [0.717, 1.165) is 18.3 Å². The van der Waals surface area contributed by atoms with E-state index in [4.69, 9.17) is 0 Å². The van der Waals surface area contributed by atoms with Crippen LogP contribution in [0, 0.1) is 5.82 Å². The number of benzene rings is 2. The van der Waals surface area contributed by atoms with Gasteiger partial charge in [0.1, 0.15) is 11.5 Å². The van der Waals surface area contributed by atoms with Crippen LogP contribution in [0.2, 0.25) is 0 Å². The lowest BCUT2D eigenvalue weighted by molar-refractivity contribution is -0.137. The minimum absolute atomic E-state index is 0.114. The van der Waals surface area contributed by atoms with Crippen LogP contribution in [0.4, 0.5) is 17.6 Å². The molecule has 5 rings (SSSR count). The van der Waals surface area contributed by atoms with Crippen molar-refractivity contribution in [2.45, 2.75) is 24.7 Å². The summed E-state index contributed by atoms with van der Waals surface area (Å²) >= 11 is 0. The molecule has 4 aromatic rings. The molecule has 0 saturated carbocycles. The molecule has 1 aliphatic heterocycles. The average molecular weight is 456 g/mol. The van der Waals surface area contributed by atoms with Crippen LogP contribution in [0.3, 0.4) is 0 Å². The van der Waals surface area contributed by atoms with E-state index in [9.17, 15) is 27.5 Å². The molecule has 6 nitrogen and oxygen atoms in total. The Morgan fingerprint density at radius 3 is 2.30 bits per heavy atom. The summed E-state index contributed by atoms with van der Waals surface area (Å²) in [6.45, 7) is 0.306. The lowest BCUT2D eigenvalue weighted by atomic mass is 9.83. The zero-order chi connectivity index (χ0) is 23.3. The van der Waals surface area contributed by atoms with Crippen LogP contribution < -0.4 is 5.43 Å². The number of rotatable bonds is 3. The van der Waals surface area contributed by atoms with Gasteiger partial charge in [-0.1, -0.05) is 24.3 Å². The molecule has 1 unspecified atom stereocenters. The van der Waals surface area contributed by atoms with Gasteiger partial charge < -0.3 is 9.67 Å². The monoisotopic (exact) mass is 456 g/mol. The fourth-order valence-electron chi connectivity index (χ4n) is 4.30. The number of aromatic hydroxyl groups is 1. The first-order valence-corrected chi connectivity index (χ1v) is 9.99. The van der Waals surface area contributed by atoms with Crippen molar-refractivity contribution in [1.82, 2.24) is 19.3 Å². The quantitative estimate of drug-likeness (QED) is 0.465. The first-order valence-electron chi connectivity index (χ1n) is 9.99. The molecule has 0 saturated heterocycles. The van der Waals surface area contributed by atoms with Crippen LogP contribution in [0.1, 0.15) is 28.7 Å². The van der Waals surface area contributed by atoms with Crippen LogP contribution in [-0.4, -0.2) is 24.4 Å². The summed E-state index contributed by atoms with van der Waals surface area (Å²) in [7, 11) is 0. The highest BCUT2D eigenvalue weighted by Crippen LogP contribution is 2.43. The maximum Gasteiger partial charge on any atom is 0.416 e. The zero-order valence-corrected chi connectivity index (χ0v) is 16.9. The molecular formula is C23H16F4N4O2. The first kappa shape index (κ1) is 20.9. The van der Waals surface area contributed by atoms with Crippen LogP contribution >= 0.6 is 0 Å². The first-order chi connectivity index (χ1) is 15.7. The maximum absolute atomic E-state index is 13.6. The Kier molecular flexibility index (Phi) is 4.80. The topological polar surface area (TPSA) is 72.9 Å². The smallest absolute Gasteiger partial charge is 0.416 e. The third-order valence-electron chi connectivity index (χ3n) is 5.82. The molecule has 0 radical (unpaired) electrons. The summed E-state index contributed by atoms with van der Waals surface area (Å²) in [5, 5.41) is 14.7. The third-order valence-corrected chi connectivity index (χ3v) is 5.82. The number of fused-ring (bicyclic) bond motifs is 3. The van der Waals surface area contributed by atoms with E-state index >= 15 is 0 Å². The second-order valence-electron chi connectivity index (χ2n) is 7.77. The highest BCUT2D eigenvalue weighted by Gasteiger charge is 2.36. The van der Waals surface area contributed by atoms with E-state index in [1.165, 1.54) is 35.1 Å². The molecule has 168 valence electrons. The van der Waals surface area contributed by atoms with E-state index in [0.29, 0.717) is 23.5 Å². The van der Waals surface area contributed by atoms with Crippen LogP contribution in [0.15, 0.2) is 71.9 Å². The minimum atomic E-state index is -4.49. The molecule has 2 aromatic carbocycles. The summed E-state index contributed by atoms with van der Waals surface area (Å²) in [6, 6.07) is 9.85. The van der Waals surface area contributed by atoms with Crippen molar-refractivity contribution in [3.05, 3.63) is 99.9 Å². The zero-order valence-electron chi connectivity index (χ0n) is 16.9. The van der Waals surface area contributed by atoms with Gasteiger partial charge in [-0.05, 0) is 35.4 Å². The van der Waals surface area contributed by atoms with Crippen LogP contribution in [0.5, 0.6) is 5.75 Å². The van der Waals surface area contributed by atoms with Gasteiger partial charge in [-0.15, -0.1) is 0 Å². The minimum Gasteiger partial charge on any atom is -0.503 e. The van der Waals surface area contributed by atoms with E-state index < -0.39 is 40.7 Å². The lowest BCUT2D eigenvalue weighted by Crippen LogP contribution is -2.32. The van der Waals surface area contributed by atoms with Crippen molar-refractivity contribution in [3.63, 3.8) is 0 Å². The van der Waals surface area contributed by atoms with Gasteiger partial charge in [-0.3, -0.25) is 9.48 Å². The van der Waals surface area contributed by atoms with E-state index in [2.05, 4.69) is 10.1 Å². The maximum atomic E-state index is 13.6. The normalized spacial score (nSPS) is 16.2. The Hall–Kier alpha value is -3.95. The number of nitrogens with zero attached hydrogens (tertiary/aromatic N) is 4. The predicted molar refractivity (Wildman–Crippen MR) is 110 cm³/mol. The summed E-state index contributed by atoms with van der Waals surface area (Å²) in [5.41, 5.74) is -0.179. The third kappa shape index (κ3) is 3.57. The Labute approximate surface area is 184 Å². The van der Waals surface area contributed by atoms with Crippen molar-refractivity contribution in [2.24, 2.45) is 0 Å². The Balaban J connectivity index is 1.71. The molecule has 0 bridgehead atoms. The number of alkyl halides is 3. The van der Waals surface area contributed by atoms with Crippen LogP contribution in [0.25, 0.3) is 11.5 Å². The Bertz CT molecular complexity index is 1380. The van der Waals surface area contributed by atoms with Gasteiger partial charge in [0, 0.05) is 24.9 Å². The molecule has 0 fully saturated rings. The fraction of sp³-hybridized carbons (Fsp3) is 0.174. The van der Waals surface area contributed by atoms with Crippen molar-refractivity contribution in [3.8, 4) is 17.3 Å². The number of imidazole rings is 1. The van der Waals surface area contributed by atoms with Crippen molar-refractivity contribution < 1.29 is 22.7 Å². The molecule has 1 N–H and O–H groups in total. The molecule has 1 aliphatic rings. The highest BCUT2D eigenvalue weighted by molar-refractivity contribution is 5.60. The van der Waals surface area contributed by atoms with Gasteiger partial charge in [0.25, 0.3) is 0 Å². The molecule has 0 aliphatic carbocycles. The van der Waals surface area contributed by atoms with Gasteiger partial charge in [0.2, 0.25) is 5.43 Å². The predicted octanol–water partition coefficient (Wildman–Crippen LogP) is 4.36. The van der Waals surface area contributed by atoms with Crippen molar-refractivity contribution >= 4 is 0 Å². The molecule has 33 heavy (non-hydrogen) atoms. The van der Waals surface area contributed by atoms with Crippen molar-refractivity contribution in [2.75, 3.05) is 0 Å². The summed E-state index contributed by atoms with van der Waals surface area (Å²) in [4.78, 5) is 16.3. The lowest BCUT2D eigenvalue weighted by Gasteiger charge is -2.34. The van der Waals surface area contributed by atoms with Crippen LogP contribution in [-0.2, 0) is 12.7 Å². The van der Waals surface area contributed by atoms with Gasteiger partial charge in [0.05, 0.1) is 17.8 Å². The fourth-order valence-corrected chi connectivity index (χ4v) is 4.30. The average Bonchev–Trinajstić information content (AvgIpc) is 3.26. The van der Waals surface area contributed by atoms with E-state index in [1.807, 2.05) is 0 Å². The second kappa shape index (κ2) is 7.58. The Morgan fingerprint density at radius 2 is 1.67 bits per heavy atom. The molecule has 2 aromatic heterocycles. The van der Waals surface area contributed by atoms with Crippen molar-refractivity contribution in [1.29, 1.82) is 0 Å². The molecule has 0 spiro atoms. The molecule has 3 heterocycles. The number of halogens is 4. The van der Waals surface area contributed by atoms with Gasteiger partial charge in [0.15, 0.2) is 11.6 Å². The van der Waals surface area contributed by atoms with E-state index in [-0.39, 0.29) is 5.69 Å². The number of hydrogen-bond acceptors (Lipinski definition) is 4. The Morgan fingerprint density at radius 1 is 1.03 bits per heavy atom. The molecule has 2 atom stereocenters. The summed E-state index contributed by atoms with van der Waals surface area (Å²) in [5.74, 6) is -1.20. The van der Waals surface area contributed by atoms with Gasteiger partial charge in [-0.25, -0.2) is 9.37 Å².